The smallest absolute Gasteiger partial charge is 0.265 e. The summed E-state index contributed by atoms with van der Waals surface area (Å²) >= 11 is 6.74. The standard InChI is InChI=1S/C16H15Br2NO3/c1-9-3-5-14(20)13(7-9)19-16(21)10(2)22-15-6-4-11(17)8-12(15)18/h3-8,10,20H,1-2H3,(H,19,21)/t10-/m0/s1. The lowest BCUT2D eigenvalue weighted by atomic mass is 10.2. The van der Waals surface area contributed by atoms with Gasteiger partial charge in [0.1, 0.15) is 11.5 Å². The summed E-state index contributed by atoms with van der Waals surface area (Å²) in [5.41, 5.74) is 1.31. The average Bonchev–Trinajstić information content (AvgIpc) is 2.45. The van der Waals surface area contributed by atoms with Crippen molar-refractivity contribution in [3.63, 3.8) is 0 Å². The molecule has 1 amide bonds. The van der Waals surface area contributed by atoms with Crippen LogP contribution in [0.25, 0.3) is 0 Å². The number of ether oxygens (including phenoxy) is 1. The number of hydrogen-bond donors (Lipinski definition) is 2. The number of carbonyl (C=O) groups is 1. The monoisotopic (exact) mass is 427 g/mol. The Morgan fingerprint density at radius 2 is 1.95 bits per heavy atom. The zero-order chi connectivity index (χ0) is 16.3. The number of aryl methyl sites for hydroxylation is 1. The largest absolute Gasteiger partial charge is 0.506 e. The van der Waals surface area contributed by atoms with Gasteiger partial charge in [-0.1, -0.05) is 22.0 Å². The maximum Gasteiger partial charge on any atom is 0.265 e. The van der Waals surface area contributed by atoms with E-state index in [1.165, 1.54) is 0 Å². The first-order valence-electron chi connectivity index (χ1n) is 6.59. The molecule has 2 rings (SSSR count). The molecule has 2 N–H and O–H groups in total. The third-order valence-corrected chi connectivity index (χ3v) is 4.09. The Bertz CT molecular complexity index is 704. The maximum absolute atomic E-state index is 12.2. The lowest BCUT2D eigenvalue weighted by Crippen LogP contribution is -2.30. The number of carbonyl (C=O) groups excluding carboxylic acids is 1. The molecule has 0 aliphatic heterocycles. The van der Waals surface area contributed by atoms with E-state index in [4.69, 9.17) is 4.74 Å². The van der Waals surface area contributed by atoms with Crippen molar-refractivity contribution in [3.8, 4) is 11.5 Å². The van der Waals surface area contributed by atoms with Gasteiger partial charge in [0.2, 0.25) is 0 Å². The van der Waals surface area contributed by atoms with Gasteiger partial charge < -0.3 is 15.2 Å². The highest BCUT2D eigenvalue weighted by molar-refractivity contribution is 9.11. The molecule has 2 aromatic carbocycles. The first-order valence-corrected chi connectivity index (χ1v) is 8.17. The van der Waals surface area contributed by atoms with Gasteiger partial charge in [-0.15, -0.1) is 0 Å². The van der Waals surface area contributed by atoms with Crippen LogP contribution in [0.4, 0.5) is 5.69 Å². The Balaban J connectivity index is 2.07. The summed E-state index contributed by atoms with van der Waals surface area (Å²) in [6.45, 7) is 3.53. The Kier molecular flexibility index (Phi) is 5.47. The molecule has 0 spiro atoms. The predicted molar refractivity (Wildman–Crippen MR) is 93.4 cm³/mol. The Morgan fingerprint density at radius 3 is 2.64 bits per heavy atom. The number of rotatable bonds is 4. The fourth-order valence-electron chi connectivity index (χ4n) is 1.80. The molecule has 6 heteroatoms. The van der Waals surface area contributed by atoms with Gasteiger partial charge in [-0.05, 0) is 65.7 Å². The number of nitrogens with one attached hydrogen (secondary N) is 1. The zero-order valence-corrected chi connectivity index (χ0v) is 15.2. The fraction of sp³-hybridized carbons (Fsp3) is 0.188. The molecule has 116 valence electrons. The van der Waals surface area contributed by atoms with Gasteiger partial charge in [0.15, 0.2) is 6.10 Å². The first-order chi connectivity index (χ1) is 10.4. The van der Waals surface area contributed by atoms with E-state index < -0.39 is 6.10 Å². The van der Waals surface area contributed by atoms with Crippen LogP contribution in [0.3, 0.4) is 0 Å². The third kappa shape index (κ3) is 4.24. The summed E-state index contributed by atoms with van der Waals surface area (Å²) in [6, 6.07) is 10.5. The van der Waals surface area contributed by atoms with E-state index in [2.05, 4.69) is 37.2 Å². The van der Waals surface area contributed by atoms with E-state index in [1.54, 1.807) is 31.2 Å². The number of hydrogen-bond acceptors (Lipinski definition) is 3. The second-order valence-corrected chi connectivity index (χ2v) is 6.61. The lowest BCUT2D eigenvalue weighted by molar-refractivity contribution is -0.122. The molecule has 2 aromatic rings. The van der Waals surface area contributed by atoms with Crippen LogP contribution < -0.4 is 10.1 Å². The summed E-state index contributed by atoms with van der Waals surface area (Å²) in [4.78, 5) is 12.2. The number of halogens is 2. The van der Waals surface area contributed by atoms with Gasteiger partial charge in [-0.2, -0.15) is 0 Å². The second-order valence-electron chi connectivity index (χ2n) is 4.84. The van der Waals surface area contributed by atoms with Crippen molar-refractivity contribution >= 4 is 43.5 Å². The lowest BCUT2D eigenvalue weighted by Gasteiger charge is -2.16. The van der Waals surface area contributed by atoms with Crippen LogP contribution in [0.15, 0.2) is 45.3 Å². The molecule has 4 nitrogen and oxygen atoms in total. The zero-order valence-electron chi connectivity index (χ0n) is 12.1. The first kappa shape index (κ1) is 16.8. The summed E-state index contributed by atoms with van der Waals surface area (Å²) in [7, 11) is 0. The van der Waals surface area contributed by atoms with E-state index in [-0.39, 0.29) is 11.7 Å². The SMILES string of the molecule is Cc1ccc(O)c(NC(=O)[C@H](C)Oc2ccc(Br)cc2Br)c1. The number of amides is 1. The highest BCUT2D eigenvalue weighted by Gasteiger charge is 2.17. The van der Waals surface area contributed by atoms with Crippen molar-refractivity contribution in [3.05, 3.63) is 50.9 Å². The van der Waals surface area contributed by atoms with E-state index >= 15 is 0 Å². The van der Waals surface area contributed by atoms with Gasteiger partial charge in [0.05, 0.1) is 10.2 Å². The normalized spacial score (nSPS) is 11.8. The average molecular weight is 429 g/mol. The second kappa shape index (κ2) is 7.15. The van der Waals surface area contributed by atoms with E-state index in [9.17, 15) is 9.90 Å². The van der Waals surface area contributed by atoms with Crippen molar-refractivity contribution in [2.45, 2.75) is 20.0 Å². The molecule has 0 fully saturated rings. The van der Waals surface area contributed by atoms with Crippen LogP contribution in [0.1, 0.15) is 12.5 Å². The summed E-state index contributed by atoms with van der Waals surface area (Å²) in [6.07, 6.45) is -0.711. The molecule has 0 unspecified atom stereocenters. The molecule has 22 heavy (non-hydrogen) atoms. The van der Waals surface area contributed by atoms with Crippen molar-refractivity contribution in [1.29, 1.82) is 0 Å². The number of phenolic OH excluding ortho intramolecular Hbond substituents is 1. The maximum atomic E-state index is 12.2. The van der Waals surface area contributed by atoms with Gasteiger partial charge in [0, 0.05) is 4.47 Å². The van der Waals surface area contributed by atoms with Gasteiger partial charge in [-0.3, -0.25) is 4.79 Å². The molecule has 0 radical (unpaired) electrons. The Hall–Kier alpha value is -1.53. The van der Waals surface area contributed by atoms with Crippen LogP contribution in [0.2, 0.25) is 0 Å². The minimum atomic E-state index is -0.711. The van der Waals surface area contributed by atoms with E-state index in [1.807, 2.05) is 19.1 Å². The molecule has 0 bridgehead atoms. The van der Waals surface area contributed by atoms with Gasteiger partial charge >= 0.3 is 0 Å². The quantitative estimate of drug-likeness (QED) is 0.697. The molecule has 0 saturated carbocycles. The van der Waals surface area contributed by atoms with Crippen molar-refractivity contribution in [2.24, 2.45) is 0 Å². The molecule has 0 aromatic heterocycles. The molecule has 0 saturated heterocycles. The topological polar surface area (TPSA) is 58.6 Å². The molecular weight excluding hydrogens is 414 g/mol. The summed E-state index contributed by atoms with van der Waals surface area (Å²) in [5.74, 6) is 0.256. The van der Waals surface area contributed by atoms with Gasteiger partial charge in [0.25, 0.3) is 5.91 Å². The minimum absolute atomic E-state index is 0.0240. The number of benzene rings is 2. The number of anilines is 1. The molecule has 0 aliphatic carbocycles. The van der Waals surface area contributed by atoms with Crippen LogP contribution in [-0.2, 0) is 4.79 Å². The highest BCUT2D eigenvalue weighted by atomic mass is 79.9. The molecule has 0 heterocycles. The van der Waals surface area contributed by atoms with Crippen LogP contribution >= 0.6 is 31.9 Å². The molecule has 0 aliphatic rings. The van der Waals surface area contributed by atoms with Crippen LogP contribution in [0.5, 0.6) is 11.5 Å². The van der Waals surface area contributed by atoms with E-state index in [0.29, 0.717) is 11.4 Å². The molecular formula is C16H15Br2NO3. The van der Waals surface area contributed by atoms with Crippen LogP contribution in [-0.4, -0.2) is 17.1 Å². The number of phenols is 1. The number of aromatic hydroxyl groups is 1. The van der Waals surface area contributed by atoms with E-state index in [0.717, 1.165) is 14.5 Å². The summed E-state index contributed by atoms with van der Waals surface area (Å²) in [5, 5.41) is 12.4. The van der Waals surface area contributed by atoms with Crippen LogP contribution in [0, 0.1) is 6.92 Å². The van der Waals surface area contributed by atoms with Crippen molar-refractivity contribution < 1.29 is 14.6 Å². The third-order valence-electron chi connectivity index (χ3n) is 2.98. The Morgan fingerprint density at radius 1 is 1.23 bits per heavy atom. The van der Waals surface area contributed by atoms with Crippen molar-refractivity contribution in [1.82, 2.24) is 0 Å². The predicted octanol–water partition coefficient (Wildman–Crippen LogP) is 4.63. The summed E-state index contributed by atoms with van der Waals surface area (Å²) < 4.78 is 7.30. The fourth-order valence-corrected chi connectivity index (χ4v) is 2.94. The Labute approximate surface area is 145 Å². The minimum Gasteiger partial charge on any atom is -0.506 e. The highest BCUT2D eigenvalue weighted by Crippen LogP contribution is 2.29. The van der Waals surface area contributed by atoms with Gasteiger partial charge in [-0.25, -0.2) is 0 Å². The van der Waals surface area contributed by atoms with Crippen molar-refractivity contribution in [2.75, 3.05) is 5.32 Å². The molecule has 1 atom stereocenters.